The van der Waals surface area contributed by atoms with Gasteiger partial charge in [-0.25, -0.2) is 9.97 Å². The zero-order valence-corrected chi connectivity index (χ0v) is 15.1. The van der Waals surface area contributed by atoms with E-state index in [1.807, 2.05) is 6.92 Å². The predicted molar refractivity (Wildman–Crippen MR) is 93.0 cm³/mol. The standard InChI is InChI=1S/C19H20ClF3N2O/c1-12-5-7-13(8-6-12)16-4-2-3-15(26-16)10-9-14-11-17(20)25-18(24-14)19(21,22)23/h5-8,11,15-16H,2-4,9-10H2,1H3/t15-,16+/m1/s1. The van der Waals surface area contributed by atoms with Gasteiger partial charge in [-0.15, -0.1) is 0 Å². The van der Waals surface area contributed by atoms with E-state index in [4.69, 9.17) is 16.3 Å². The molecule has 140 valence electrons. The van der Waals surface area contributed by atoms with Gasteiger partial charge < -0.3 is 4.74 Å². The number of ether oxygens (including phenoxy) is 1. The Balaban J connectivity index is 1.63. The molecule has 26 heavy (non-hydrogen) atoms. The van der Waals surface area contributed by atoms with Crippen LogP contribution in [-0.4, -0.2) is 16.1 Å². The first-order chi connectivity index (χ1) is 12.3. The highest BCUT2D eigenvalue weighted by molar-refractivity contribution is 6.29. The lowest BCUT2D eigenvalue weighted by Crippen LogP contribution is -2.23. The first kappa shape index (κ1) is 19.1. The Bertz CT molecular complexity index is 749. The van der Waals surface area contributed by atoms with Crippen LogP contribution in [0.15, 0.2) is 30.3 Å². The highest BCUT2D eigenvalue weighted by atomic mass is 35.5. The van der Waals surface area contributed by atoms with E-state index < -0.39 is 12.0 Å². The number of nitrogens with zero attached hydrogens (tertiary/aromatic N) is 2. The van der Waals surface area contributed by atoms with Gasteiger partial charge in [0.1, 0.15) is 5.15 Å². The predicted octanol–water partition coefficient (Wildman–Crippen LogP) is 5.70. The molecular formula is C19H20ClF3N2O. The molecule has 3 rings (SSSR count). The van der Waals surface area contributed by atoms with E-state index in [9.17, 15) is 13.2 Å². The average Bonchev–Trinajstić information content (AvgIpc) is 2.60. The molecule has 0 unspecified atom stereocenters. The molecule has 1 saturated heterocycles. The lowest BCUT2D eigenvalue weighted by molar-refractivity contribution is -0.145. The summed E-state index contributed by atoms with van der Waals surface area (Å²) in [5.41, 5.74) is 2.63. The fraction of sp³-hybridized carbons (Fsp3) is 0.474. The van der Waals surface area contributed by atoms with E-state index in [1.54, 1.807) is 0 Å². The van der Waals surface area contributed by atoms with Gasteiger partial charge in [-0.05, 0) is 50.7 Å². The third-order valence-corrected chi connectivity index (χ3v) is 4.72. The highest BCUT2D eigenvalue weighted by Gasteiger charge is 2.35. The molecule has 0 bridgehead atoms. The van der Waals surface area contributed by atoms with E-state index in [0.29, 0.717) is 18.5 Å². The van der Waals surface area contributed by atoms with E-state index in [-0.39, 0.29) is 17.4 Å². The van der Waals surface area contributed by atoms with E-state index in [1.165, 1.54) is 11.6 Å². The summed E-state index contributed by atoms with van der Waals surface area (Å²) in [6.07, 6.45) is -0.709. The molecule has 1 aliphatic rings. The maximum atomic E-state index is 12.8. The Morgan fingerprint density at radius 1 is 1.15 bits per heavy atom. The van der Waals surface area contributed by atoms with Gasteiger partial charge in [0.05, 0.1) is 12.2 Å². The van der Waals surface area contributed by atoms with Crippen molar-refractivity contribution in [2.45, 2.75) is 57.4 Å². The zero-order chi connectivity index (χ0) is 18.7. The smallest absolute Gasteiger partial charge is 0.370 e. The van der Waals surface area contributed by atoms with Gasteiger partial charge in [0.2, 0.25) is 5.82 Å². The molecule has 0 amide bonds. The van der Waals surface area contributed by atoms with Crippen LogP contribution in [0.2, 0.25) is 5.15 Å². The van der Waals surface area contributed by atoms with Crippen molar-refractivity contribution in [2.24, 2.45) is 0 Å². The van der Waals surface area contributed by atoms with Crippen LogP contribution in [0.5, 0.6) is 0 Å². The second kappa shape index (κ2) is 7.92. The SMILES string of the molecule is Cc1ccc([C@@H]2CCC[C@H](CCc3cc(Cl)nc(C(F)(F)F)n3)O2)cc1. The second-order valence-corrected chi connectivity index (χ2v) is 7.02. The largest absolute Gasteiger partial charge is 0.451 e. The fourth-order valence-corrected chi connectivity index (χ4v) is 3.37. The molecule has 1 fully saturated rings. The van der Waals surface area contributed by atoms with Crippen molar-refractivity contribution < 1.29 is 17.9 Å². The lowest BCUT2D eigenvalue weighted by atomic mass is 9.95. The zero-order valence-electron chi connectivity index (χ0n) is 14.4. The minimum absolute atomic E-state index is 0.00173. The normalized spacial score (nSPS) is 21.0. The Kier molecular flexibility index (Phi) is 5.82. The van der Waals surface area contributed by atoms with Crippen molar-refractivity contribution >= 4 is 11.6 Å². The third-order valence-electron chi connectivity index (χ3n) is 4.52. The van der Waals surface area contributed by atoms with Crippen molar-refractivity contribution in [2.75, 3.05) is 0 Å². The number of alkyl halides is 3. The molecule has 1 aromatic carbocycles. The summed E-state index contributed by atoms with van der Waals surface area (Å²) < 4.78 is 44.6. The van der Waals surface area contributed by atoms with Gasteiger partial charge in [-0.3, -0.25) is 0 Å². The van der Waals surface area contributed by atoms with Gasteiger partial charge >= 0.3 is 6.18 Å². The van der Waals surface area contributed by atoms with Gasteiger partial charge in [-0.1, -0.05) is 41.4 Å². The van der Waals surface area contributed by atoms with Crippen LogP contribution in [0.25, 0.3) is 0 Å². The van der Waals surface area contributed by atoms with E-state index in [0.717, 1.165) is 24.8 Å². The Hall–Kier alpha value is -1.66. The molecule has 2 aromatic rings. The van der Waals surface area contributed by atoms with Crippen LogP contribution in [-0.2, 0) is 17.3 Å². The summed E-state index contributed by atoms with van der Waals surface area (Å²) in [5, 5.41) is -0.190. The number of rotatable bonds is 4. The first-order valence-corrected chi connectivity index (χ1v) is 9.02. The molecule has 3 nitrogen and oxygen atoms in total. The quantitative estimate of drug-likeness (QED) is 0.634. The summed E-state index contributed by atoms with van der Waals surface area (Å²) in [6, 6.07) is 9.65. The van der Waals surface area contributed by atoms with E-state index >= 15 is 0 Å². The van der Waals surface area contributed by atoms with Crippen molar-refractivity contribution in [3.05, 3.63) is 58.1 Å². The summed E-state index contributed by atoms with van der Waals surface area (Å²) in [7, 11) is 0. The summed E-state index contributed by atoms with van der Waals surface area (Å²) >= 11 is 5.71. The molecular weight excluding hydrogens is 365 g/mol. The number of benzene rings is 1. The van der Waals surface area contributed by atoms with Crippen LogP contribution >= 0.6 is 11.6 Å². The number of hydrogen-bond acceptors (Lipinski definition) is 3. The van der Waals surface area contributed by atoms with Crippen LogP contribution in [0.4, 0.5) is 13.2 Å². The lowest BCUT2D eigenvalue weighted by Gasteiger charge is -2.30. The third kappa shape index (κ3) is 4.95. The molecule has 0 radical (unpaired) electrons. The monoisotopic (exact) mass is 384 g/mol. The maximum Gasteiger partial charge on any atom is 0.451 e. The minimum atomic E-state index is -4.60. The summed E-state index contributed by atoms with van der Waals surface area (Å²) in [5.74, 6) is -1.19. The minimum Gasteiger partial charge on any atom is -0.370 e. The summed E-state index contributed by atoms with van der Waals surface area (Å²) in [6.45, 7) is 2.04. The number of aryl methyl sites for hydroxylation is 2. The maximum absolute atomic E-state index is 12.8. The van der Waals surface area contributed by atoms with Crippen molar-refractivity contribution in [1.29, 1.82) is 0 Å². The van der Waals surface area contributed by atoms with E-state index in [2.05, 4.69) is 34.2 Å². The van der Waals surface area contributed by atoms with Crippen molar-refractivity contribution in [1.82, 2.24) is 9.97 Å². The second-order valence-electron chi connectivity index (χ2n) is 6.63. The Morgan fingerprint density at radius 3 is 2.58 bits per heavy atom. The molecule has 1 aliphatic heterocycles. The number of aromatic nitrogens is 2. The number of hydrogen-bond donors (Lipinski definition) is 0. The molecule has 2 atom stereocenters. The summed E-state index contributed by atoms with van der Waals surface area (Å²) in [4.78, 5) is 6.86. The Labute approximate surface area is 155 Å². The van der Waals surface area contributed by atoms with Gasteiger partial charge in [-0.2, -0.15) is 13.2 Å². The molecule has 0 N–H and O–H groups in total. The molecule has 1 aromatic heterocycles. The van der Waals surface area contributed by atoms with Crippen molar-refractivity contribution in [3.8, 4) is 0 Å². The fourth-order valence-electron chi connectivity index (χ4n) is 3.17. The van der Waals surface area contributed by atoms with Crippen molar-refractivity contribution in [3.63, 3.8) is 0 Å². The topological polar surface area (TPSA) is 35.0 Å². The van der Waals surface area contributed by atoms with Gasteiger partial charge in [0, 0.05) is 5.69 Å². The molecule has 0 aliphatic carbocycles. The number of halogens is 4. The van der Waals surface area contributed by atoms with Gasteiger partial charge in [0.15, 0.2) is 0 Å². The molecule has 0 spiro atoms. The average molecular weight is 385 g/mol. The van der Waals surface area contributed by atoms with Crippen LogP contribution in [0.3, 0.4) is 0 Å². The van der Waals surface area contributed by atoms with Crippen LogP contribution < -0.4 is 0 Å². The molecule has 7 heteroatoms. The van der Waals surface area contributed by atoms with Crippen LogP contribution in [0, 0.1) is 6.92 Å². The van der Waals surface area contributed by atoms with Gasteiger partial charge in [0.25, 0.3) is 0 Å². The Morgan fingerprint density at radius 2 is 1.88 bits per heavy atom. The first-order valence-electron chi connectivity index (χ1n) is 8.64. The van der Waals surface area contributed by atoms with Crippen LogP contribution in [0.1, 0.15) is 54.4 Å². The molecule has 2 heterocycles. The highest BCUT2D eigenvalue weighted by Crippen LogP contribution is 2.33. The molecule has 0 saturated carbocycles.